The molecule has 2 fully saturated rings. The molecular weight excluding hydrogens is 524 g/mol. The smallest absolute Gasteiger partial charge is 0.416 e. The number of amides is 3. The lowest BCUT2D eigenvalue weighted by molar-refractivity contribution is -0.137. The second-order valence-electron chi connectivity index (χ2n) is 8.60. The van der Waals surface area contributed by atoms with Gasteiger partial charge >= 0.3 is 6.18 Å². The van der Waals surface area contributed by atoms with Gasteiger partial charge in [0.2, 0.25) is 11.8 Å². The summed E-state index contributed by atoms with van der Waals surface area (Å²) in [6, 6.07) is 8.56. The molecule has 0 radical (unpaired) electrons. The van der Waals surface area contributed by atoms with Crippen molar-refractivity contribution in [2.45, 2.75) is 17.9 Å². The molecular formula is C24H17Cl2F3N2O5. The summed E-state index contributed by atoms with van der Waals surface area (Å²) in [6.45, 7) is -0.533. The summed E-state index contributed by atoms with van der Waals surface area (Å²) in [4.78, 5) is 39.6. The van der Waals surface area contributed by atoms with Crippen molar-refractivity contribution < 1.29 is 37.0 Å². The Balaban J connectivity index is 1.30. The second-order valence-corrected chi connectivity index (χ2v) is 9.44. The van der Waals surface area contributed by atoms with Gasteiger partial charge in [-0.1, -0.05) is 41.4 Å². The fourth-order valence-electron chi connectivity index (χ4n) is 4.81. The van der Waals surface area contributed by atoms with E-state index < -0.39 is 53.0 Å². The Bertz CT molecular complexity index is 1300. The molecule has 7 nitrogen and oxygen atoms in total. The number of hydrogen-bond acceptors (Lipinski definition) is 5. The number of nitrogens with one attached hydrogen (secondary N) is 1. The van der Waals surface area contributed by atoms with Crippen LogP contribution in [0.1, 0.15) is 5.56 Å². The number of benzene rings is 2. The Hall–Kier alpha value is -3.08. The van der Waals surface area contributed by atoms with Crippen LogP contribution in [-0.4, -0.2) is 42.6 Å². The molecule has 2 bridgehead atoms. The summed E-state index contributed by atoms with van der Waals surface area (Å²) in [6.07, 6.45) is -2.14. The third kappa shape index (κ3) is 4.12. The van der Waals surface area contributed by atoms with Crippen LogP contribution in [0.4, 0.5) is 18.9 Å². The number of imide groups is 1. The van der Waals surface area contributed by atoms with E-state index >= 15 is 0 Å². The van der Waals surface area contributed by atoms with Gasteiger partial charge in [-0.2, -0.15) is 13.2 Å². The Kier molecular flexibility index (Phi) is 6.01. The van der Waals surface area contributed by atoms with E-state index in [2.05, 4.69) is 5.32 Å². The number of rotatable bonds is 6. The van der Waals surface area contributed by atoms with Crippen LogP contribution >= 0.6 is 23.2 Å². The molecule has 2 aromatic carbocycles. The molecule has 2 saturated heterocycles. The quantitative estimate of drug-likeness (QED) is 0.442. The standard InChI is InChI=1S/C24H17Cl2F3N2O5/c25-13-4-5-16(15(26)9-13)35-10-18(32)30-11-23-7-6-17(36-23)19-20(23)22(34)31(21(19)33)14-3-1-2-12(8-14)24(27,28)29/h1-9,17,19-20H,10-11H2,(H,30,32). The number of fused-ring (bicyclic) bond motifs is 5. The average molecular weight is 541 g/mol. The molecule has 12 heteroatoms. The van der Waals surface area contributed by atoms with Gasteiger partial charge in [0.05, 0.1) is 40.8 Å². The lowest BCUT2D eigenvalue weighted by Gasteiger charge is -2.29. The van der Waals surface area contributed by atoms with Crippen LogP contribution in [0.25, 0.3) is 0 Å². The molecule has 188 valence electrons. The lowest BCUT2D eigenvalue weighted by Crippen LogP contribution is -2.49. The Labute approximate surface area is 212 Å². The SMILES string of the molecule is O=C(COc1ccc(Cl)cc1Cl)NCC12C=CC(O1)C1C(=O)N(c3cccc(C(F)(F)F)c3)C(=O)C12. The van der Waals surface area contributed by atoms with Gasteiger partial charge < -0.3 is 14.8 Å². The van der Waals surface area contributed by atoms with E-state index in [0.29, 0.717) is 5.02 Å². The number of carbonyl (C=O) groups excluding carboxylic acids is 3. The molecule has 0 saturated carbocycles. The molecule has 5 rings (SSSR count). The minimum absolute atomic E-state index is 0.146. The summed E-state index contributed by atoms with van der Waals surface area (Å²) in [5.41, 5.74) is -2.45. The number of carbonyl (C=O) groups is 3. The highest BCUT2D eigenvalue weighted by Gasteiger charge is 2.67. The summed E-state index contributed by atoms with van der Waals surface area (Å²) >= 11 is 11.9. The number of ether oxygens (including phenoxy) is 2. The van der Waals surface area contributed by atoms with Gasteiger partial charge in [-0.3, -0.25) is 14.4 Å². The molecule has 4 unspecified atom stereocenters. The Morgan fingerprint density at radius 1 is 1.14 bits per heavy atom. The van der Waals surface area contributed by atoms with Crippen molar-refractivity contribution in [3.8, 4) is 5.75 Å². The minimum Gasteiger partial charge on any atom is -0.482 e. The molecule has 1 N–H and O–H groups in total. The van der Waals surface area contributed by atoms with Crippen molar-refractivity contribution in [1.29, 1.82) is 0 Å². The molecule has 3 aliphatic heterocycles. The van der Waals surface area contributed by atoms with Crippen LogP contribution in [0.3, 0.4) is 0 Å². The van der Waals surface area contributed by atoms with E-state index in [-0.39, 0.29) is 29.6 Å². The van der Waals surface area contributed by atoms with Gasteiger partial charge in [-0.25, -0.2) is 4.90 Å². The van der Waals surface area contributed by atoms with Gasteiger partial charge in [-0.15, -0.1) is 0 Å². The van der Waals surface area contributed by atoms with Crippen LogP contribution in [0, 0.1) is 11.8 Å². The highest BCUT2D eigenvalue weighted by molar-refractivity contribution is 6.35. The van der Waals surface area contributed by atoms with Crippen molar-refractivity contribution in [3.05, 3.63) is 70.2 Å². The summed E-state index contributed by atoms with van der Waals surface area (Å²) in [7, 11) is 0. The molecule has 36 heavy (non-hydrogen) atoms. The molecule has 3 aliphatic rings. The Morgan fingerprint density at radius 2 is 1.92 bits per heavy atom. The molecule has 3 heterocycles. The first-order chi connectivity index (χ1) is 17.0. The topological polar surface area (TPSA) is 84.9 Å². The predicted octanol–water partition coefficient (Wildman–Crippen LogP) is 4.02. The zero-order chi connectivity index (χ0) is 25.8. The van der Waals surface area contributed by atoms with E-state index in [1.54, 1.807) is 18.2 Å². The maximum absolute atomic E-state index is 13.3. The molecule has 2 aromatic rings. The fraction of sp³-hybridized carbons (Fsp3) is 0.292. The van der Waals surface area contributed by atoms with Crippen molar-refractivity contribution in [1.82, 2.24) is 5.32 Å². The number of nitrogens with zero attached hydrogens (tertiary/aromatic N) is 1. The monoisotopic (exact) mass is 540 g/mol. The summed E-state index contributed by atoms with van der Waals surface area (Å²) in [5, 5.41) is 3.26. The largest absolute Gasteiger partial charge is 0.482 e. The van der Waals surface area contributed by atoms with Crippen LogP contribution in [0.15, 0.2) is 54.6 Å². The van der Waals surface area contributed by atoms with Crippen LogP contribution in [0.2, 0.25) is 10.0 Å². The van der Waals surface area contributed by atoms with Gasteiger partial charge in [-0.05, 0) is 36.4 Å². The maximum atomic E-state index is 13.3. The molecule has 4 atom stereocenters. The maximum Gasteiger partial charge on any atom is 0.416 e. The number of alkyl halides is 3. The van der Waals surface area contributed by atoms with Crippen molar-refractivity contribution in [2.75, 3.05) is 18.1 Å². The first kappa shape index (κ1) is 24.6. The van der Waals surface area contributed by atoms with Crippen molar-refractivity contribution in [3.63, 3.8) is 0 Å². The van der Waals surface area contributed by atoms with Crippen molar-refractivity contribution in [2.24, 2.45) is 11.8 Å². The van der Waals surface area contributed by atoms with E-state index in [1.807, 2.05) is 0 Å². The van der Waals surface area contributed by atoms with Crippen LogP contribution < -0.4 is 15.0 Å². The predicted molar refractivity (Wildman–Crippen MR) is 123 cm³/mol. The average Bonchev–Trinajstić information content (AvgIpc) is 3.47. The van der Waals surface area contributed by atoms with Gasteiger partial charge in [0, 0.05) is 5.02 Å². The number of halogens is 5. The van der Waals surface area contributed by atoms with E-state index in [9.17, 15) is 27.6 Å². The van der Waals surface area contributed by atoms with Crippen molar-refractivity contribution >= 4 is 46.6 Å². The zero-order valence-corrected chi connectivity index (χ0v) is 19.7. The highest BCUT2D eigenvalue weighted by atomic mass is 35.5. The summed E-state index contributed by atoms with van der Waals surface area (Å²) in [5.74, 6) is -3.52. The normalized spacial score (nSPS) is 26.5. The van der Waals surface area contributed by atoms with E-state index in [1.165, 1.54) is 18.2 Å². The third-order valence-corrected chi connectivity index (χ3v) is 6.93. The lowest BCUT2D eigenvalue weighted by atomic mass is 9.77. The number of hydrogen-bond donors (Lipinski definition) is 1. The van der Waals surface area contributed by atoms with Gasteiger partial charge in [0.15, 0.2) is 6.61 Å². The van der Waals surface area contributed by atoms with Crippen LogP contribution in [-0.2, 0) is 25.3 Å². The Morgan fingerprint density at radius 3 is 2.64 bits per heavy atom. The van der Waals surface area contributed by atoms with Gasteiger partial charge in [0.25, 0.3) is 5.91 Å². The fourth-order valence-corrected chi connectivity index (χ4v) is 5.27. The molecule has 0 aromatic heterocycles. The van der Waals surface area contributed by atoms with Crippen LogP contribution in [0.5, 0.6) is 5.75 Å². The van der Waals surface area contributed by atoms with E-state index in [4.69, 9.17) is 32.7 Å². The number of anilines is 1. The summed E-state index contributed by atoms with van der Waals surface area (Å²) < 4.78 is 50.9. The first-order valence-corrected chi connectivity index (χ1v) is 11.5. The molecule has 0 spiro atoms. The molecule has 3 amide bonds. The zero-order valence-electron chi connectivity index (χ0n) is 18.2. The first-order valence-electron chi connectivity index (χ1n) is 10.8. The second kappa shape index (κ2) is 8.79. The minimum atomic E-state index is -4.63. The van der Waals surface area contributed by atoms with E-state index in [0.717, 1.165) is 23.1 Å². The third-order valence-electron chi connectivity index (χ3n) is 6.40. The highest BCUT2D eigenvalue weighted by Crippen LogP contribution is 2.52. The van der Waals surface area contributed by atoms with Gasteiger partial charge in [0.1, 0.15) is 11.4 Å². The molecule has 0 aliphatic carbocycles.